The maximum Gasteiger partial charge on any atom is 0.229 e. The molecule has 47 heavy (non-hydrogen) atoms. The number of fused-ring (bicyclic) bond motifs is 1. The number of nitrogens with one attached hydrogen (secondary N) is 2. The van der Waals surface area contributed by atoms with E-state index in [4.69, 9.17) is 4.74 Å². The Labute approximate surface area is 275 Å². The Morgan fingerprint density at radius 2 is 1.72 bits per heavy atom. The summed E-state index contributed by atoms with van der Waals surface area (Å²) in [5.74, 6) is -0.337. The molecule has 0 spiro atoms. The largest absolute Gasteiger partial charge is 0.494 e. The first kappa shape index (κ1) is 32.8. The molecule has 250 valence electrons. The predicted octanol–water partition coefficient (Wildman–Crippen LogP) is 4.38. The Bertz CT molecular complexity index is 1840. The smallest absolute Gasteiger partial charge is 0.229 e. The van der Waals surface area contributed by atoms with Gasteiger partial charge in [-0.05, 0) is 50.1 Å². The van der Waals surface area contributed by atoms with Crippen molar-refractivity contribution < 1.29 is 17.5 Å². The van der Waals surface area contributed by atoms with E-state index in [1.54, 1.807) is 19.2 Å². The molecule has 4 aromatic rings. The number of rotatable bonds is 10. The molecule has 2 aromatic carbocycles. The van der Waals surface area contributed by atoms with Crippen LogP contribution in [0.2, 0.25) is 0 Å². The third kappa shape index (κ3) is 7.55. The van der Waals surface area contributed by atoms with Gasteiger partial charge in [-0.2, -0.15) is 4.98 Å². The number of nitrogens with zero attached hydrogens (tertiary/aromatic N) is 7. The molecule has 0 bridgehead atoms. The summed E-state index contributed by atoms with van der Waals surface area (Å²) in [6.45, 7) is 8.63. The van der Waals surface area contributed by atoms with Crippen molar-refractivity contribution in [2.24, 2.45) is 0 Å². The minimum atomic E-state index is -3.45. The Balaban J connectivity index is 1.22. The van der Waals surface area contributed by atoms with Crippen LogP contribution in [0.4, 0.5) is 33.2 Å². The van der Waals surface area contributed by atoms with Gasteiger partial charge in [-0.25, -0.2) is 17.8 Å². The summed E-state index contributed by atoms with van der Waals surface area (Å²) < 4.78 is 45.5. The third-order valence-electron chi connectivity index (χ3n) is 9.04. The highest BCUT2D eigenvalue weighted by molar-refractivity contribution is 7.89. The number of benzene rings is 2. The fraction of sp³-hybridized carbons (Fsp3) is 0.455. The number of methoxy groups -OCH3 is 1. The molecule has 2 aromatic heterocycles. The first-order chi connectivity index (χ1) is 22.6. The number of aromatic nitrogens is 4. The summed E-state index contributed by atoms with van der Waals surface area (Å²) in [7, 11) is 0.371. The molecule has 0 radical (unpaired) electrons. The molecule has 14 heteroatoms. The standard InChI is InChI=1S/C33H42FN9O3S/c1-5-22-18-28(30(46-3)19-29(22)43-12-8-23(9-13-43)42-16-14-41(2)15-17-42)39-33-37-20-25(34)32(40-33)38-26-6-7-27-31(36-11-10-35-27)24(26)21-47(4,44)45/h6-7,10-11,18-20,23H,5,8-9,12-17,21H2,1-4H3,(H2,37,38,39,40). The molecule has 2 aliphatic heterocycles. The number of likely N-dealkylation sites (N-methyl/N-ethyl adjacent to an activating group) is 1. The Kier molecular flexibility index (Phi) is 9.71. The van der Waals surface area contributed by atoms with Gasteiger partial charge in [0.15, 0.2) is 21.5 Å². The van der Waals surface area contributed by atoms with Gasteiger partial charge in [-0.1, -0.05) is 6.92 Å². The molecule has 4 heterocycles. The van der Waals surface area contributed by atoms with E-state index in [0.717, 1.165) is 82.2 Å². The molecule has 2 aliphatic rings. The SMILES string of the molecule is CCc1cc(Nc2ncc(F)c(Nc3ccc4nccnc4c3CS(C)(=O)=O)n2)c(OC)cc1N1CCC(N2CCN(C)CC2)CC1. The minimum Gasteiger partial charge on any atom is -0.494 e. The van der Waals surface area contributed by atoms with Crippen LogP contribution in [0.15, 0.2) is 42.9 Å². The van der Waals surface area contributed by atoms with Crippen LogP contribution in [-0.2, 0) is 22.0 Å². The van der Waals surface area contributed by atoms with Crippen LogP contribution in [0.3, 0.4) is 0 Å². The van der Waals surface area contributed by atoms with Crippen LogP contribution < -0.4 is 20.3 Å². The number of hydrogen-bond acceptors (Lipinski definition) is 12. The van der Waals surface area contributed by atoms with E-state index in [0.29, 0.717) is 39.8 Å². The van der Waals surface area contributed by atoms with Gasteiger partial charge in [0.25, 0.3) is 0 Å². The van der Waals surface area contributed by atoms with Crippen LogP contribution in [-0.4, -0.2) is 104 Å². The Morgan fingerprint density at radius 1 is 0.979 bits per heavy atom. The maximum absolute atomic E-state index is 15.1. The van der Waals surface area contributed by atoms with Gasteiger partial charge in [-0.3, -0.25) is 14.9 Å². The van der Waals surface area contributed by atoms with Crippen molar-refractivity contribution in [3.63, 3.8) is 0 Å². The van der Waals surface area contributed by atoms with E-state index in [9.17, 15) is 8.42 Å². The number of piperidine rings is 1. The van der Waals surface area contributed by atoms with E-state index in [1.165, 1.54) is 12.4 Å². The van der Waals surface area contributed by atoms with Crippen molar-refractivity contribution in [1.82, 2.24) is 29.7 Å². The minimum absolute atomic E-state index is 0.116. The van der Waals surface area contributed by atoms with E-state index in [2.05, 4.69) is 65.3 Å². The molecule has 0 aliphatic carbocycles. The fourth-order valence-electron chi connectivity index (χ4n) is 6.50. The molecule has 2 saturated heterocycles. The second-order valence-corrected chi connectivity index (χ2v) is 14.5. The lowest BCUT2D eigenvalue weighted by Crippen LogP contribution is -2.52. The summed E-state index contributed by atoms with van der Waals surface area (Å²) in [6.07, 6.45) is 8.31. The molecule has 0 saturated carbocycles. The van der Waals surface area contributed by atoms with Gasteiger partial charge in [0.1, 0.15) is 5.75 Å². The van der Waals surface area contributed by atoms with Gasteiger partial charge in [0, 0.05) is 87.0 Å². The average Bonchev–Trinajstić information content (AvgIpc) is 3.07. The van der Waals surface area contributed by atoms with Gasteiger partial charge < -0.3 is 25.2 Å². The van der Waals surface area contributed by atoms with E-state index in [-0.39, 0.29) is 17.5 Å². The second kappa shape index (κ2) is 13.9. The van der Waals surface area contributed by atoms with E-state index >= 15 is 4.39 Å². The molecular formula is C33H42FN9O3S. The summed E-state index contributed by atoms with van der Waals surface area (Å²) in [4.78, 5) is 24.7. The summed E-state index contributed by atoms with van der Waals surface area (Å²) in [5, 5.41) is 6.19. The highest BCUT2D eigenvalue weighted by Crippen LogP contribution is 2.37. The Morgan fingerprint density at radius 3 is 2.43 bits per heavy atom. The first-order valence-corrected chi connectivity index (χ1v) is 18.0. The molecular weight excluding hydrogens is 621 g/mol. The molecule has 6 rings (SSSR count). The zero-order valence-corrected chi connectivity index (χ0v) is 28.1. The summed E-state index contributed by atoms with van der Waals surface area (Å²) >= 11 is 0. The fourth-order valence-corrected chi connectivity index (χ4v) is 7.32. The number of piperazine rings is 1. The van der Waals surface area contributed by atoms with Crippen LogP contribution in [0.5, 0.6) is 5.75 Å². The quantitative estimate of drug-likeness (QED) is 0.250. The lowest BCUT2D eigenvalue weighted by atomic mass is 9.99. The van der Waals surface area contributed by atoms with Gasteiger partial charge in [0.2, 0.25) is 5.95 Å². The van der Waals surface area contributed by atoms with E-state index in [1.807, 2.05) is 6.07 Å². The van der Waals surface area contributed by atoms with Crippen LogP contribution in [0.25, 0.3) is 11.0 Å². The van der Waals surface area contributed by atoms with Crippen molar-refractivity contribution in [1.29, 1.82) is 0 Å². The van der Waals surface area contributed by atoms with Crippen LogP contribution in [0, 0.1) is 5.82 Å². The number of aryl methyl sites for hydroxylation is 1. The number of hydrogen-bond donors (Lipinski definition) is 2. The third-order valence-corrected chi connectivity index (χ3v) is 9.85. The van der Waals surface area contributed by atoms with Crippen molar-refractivity contribution in [3.05, 3.63) is 59.8 Å². The van der Waals surface area contributed by atoms with Crippen molar-refractivity contribution >= 4 is 49.7 Å². The summed E-state index contributed by atoms with van der Waals surface area (Å²) in [6, 6.07) is 8.08. The number of halogens is 1. The molecule has 2 fully saturated rings. The highest BCUT2D eigenvalue weighted by atomic mass is 32.2. The van der Waals surface area contributed by atoms with E-state index < -0.39 is 15.7 Å². The predicted molar refractivity (Wildman–Crippen MR) is 183 cm³/mol. The number of anilines is 5. The van der Waals surface area contributed by atoms with Crippen LogP contribution in [0.1, 0.15) is 30.9 Å². The molecule has 0 amide bonds. The molecule has 0 unspecified atom stereocenters. The zero-order chi connectivity index (χ0) is 33.1. The number of sulfone groups is 1. The molecule has 2 N–H and O–H groups in total. The highest BCUT2D eigenvalue weighted by Gasteiger charge is 2.28. The van der Waals surface area contributed by atoms with Crippen LogP contribution >= 0.6 is 0 Å². The number of ether oxygens (including phenoxy) is 1. The van der Waals surface area contributed by atoms with Gasteiger partial charge in [0.05, 0.1) is 35.8 Å². The van der Waals surface area contributed by atoms with Gasteiger partial charge in [-0.15, -0.1) is 0 Å². The Hall–Kier alpha value is -4.14. The lowest BCUT2D eigenvalue weighted by Gasteiger charge is -2.43. The maximum atomic E-state index is 15.1. The van der Waals surface area contributed by atoms with Crippen molar-refractivity contribution in [3.8, 4) is 5.75 Å². The first-order valence-electron chi connectivity index (χ1n) is 16.0. The second-order valence-electron chi connectivity index (χ2n) is 12.3. The van der Waals surface area contributed by atoms with Crippen molar-refractivity contribution in [2.45, 2.75) is 38.0 Å². The molecule has 12 nitrogen and oxygen atoms in total. The normalized spacial score (nSPS) is 16.8. The lowest BCUT2D eigenvalue weighted by molar-refractivity contribution is 0.0982. The zero-order valence-electron chi connectivity index (χ0n) is 27.3. The topological polar surface area (TPSA) is 129 Å². The average molecular weight is 664 g/mol. The molecule has 0 atom stereocenters. The van der Waals surface area contributed by atoms with Gasteiger partial charge >= 0.3 is 0 Å². The monoisotopic (exact) mass is 663 g/mol. The summed E-state index contributed by atoms with van der Waals surface area (Å²) in [5.41, 5.74) is 4.67. The van der Waals surface area contributed by atoms with Crippen molar-refractivity contribution in [2.75, 3.05) is 75.2 Å².